The number of aliphatic hydroxyl groups excluding tert-OH is 1. The second-order valence-electron chi connectivity index (χ2n) is 5.28. The molecular weight excluding hydrogens is 296 g/mol. The lowest BCUT2D eigenvalue weighted by molar-refractivity contribution is -0.136. The van der Waals surface area contributed by atoms with Crippen LogP contribution in [0.3, 0.4) is 0 Å². The summed E-state index contributed by atoms with van der Waals surface area (Å²) in [5.41, 5.74) is 2.56. The molecular formula is C17H20N2O4. The highest BCUT2D eigenvalue weighted by Gasteiger charge is 2.16. The van der Waals surface area contributed by atoms with Crippen LogP contribution in [0.25, 0.3) is 0 Å². The summed E-state index contributed by atoms with van der Waals surface area (Å²) in [7, 11) is 0. The molecule has 122 valence electrons. The van der Waals surface area contributed by atoms with E-state index in [1.54, 1.807) is 18.2 Å². The predicted octanol–water partition coefficient (Wildman–Crippen LogP) is 2.07. The van der Waals surface area contributed by atoms with E-state index in [1.807, 2.05) is 26.0 Å². The number of hydrogen-bond acceptors (Lipinski definition) is 4. The summed E-state index contributed by atoms with van der Waals surface area (Å²) in [5.74, 6) is -1.04. The Morgan fingerprint density at radius 3 is 2.65 bits per heavy atom. The van der Waals surface area contributed by atoms with Crippen LogP contribution in [0.1, 0.15) is 29.4 Å². The van der Waals surface area contributed by atoms with Gasteiger partial charge in [0, 0.05) is 12.2 Å². The van der Waals surface area contributed by atoms with Crippen LogP contribution in [0, 0.1) is 13.8 Å². The fraction of sp³-hybridized carbons (Fsp3) is 0.294. The number of carbonyl (C=O) groups excluding carboxylic acids is 2. The van der Waals surface area contributed by atoms with Crippen molar-refractivity contribution in [3.05, 3.63) is 53.5 Å². The van der Waals surface area contributed by atoms with Gasteiger partial charge in [-0.3, -0.25) is 9.59 Å². The molecule has 23 heavy (non-hydrogen) atoms. The molecule has 2 amide bonds. The summed E-state index contributed by atoms with van der Waals surface area (Å²) in [6, 6.07) is 8.82. The van der Waals surface area contributed by atoms with Crippen molar-refractivity contribution in [2.75, 3.05) is 11.9 Å². The third-order valence-electron chi connectivity index (χ3n) is 3.63. The Hall–Kier alpha value is -2.60. The van der Waals surface area contributed by atoms with E-state index in [0.29, 0.717) is 11.4 Å². The van der Waals surface area contributed by atoms with Gasteiger partial charge in [0.15, 0.2) is 0 Å². The number of nitrogens with one attached hydrogen (secondary N) is 2. The molecule has 6 nitrogen and oxygen atoms in total. The van der Waals surface area contributed by atoms with E-state index in [-0.39, 0.29) is 13.0 Å². The molecule has 1 unspecified atom stereocenters. The number of benzene rings is 1. The van der Waals surface area contributed by atoms with Crippen molar-refractivity contribution >= 4 is 17.5 Å². The minimum Gasteiger partial charge on any atom is -0.467 e. The molecule has 0 radical (unpaired) electrons. The SMILES string of the molecule is Cc1cccc(NC(=O)C(=O)NCCC(O)c2ccco2)c1C. The third kappa shape index (κ3) is 4.43. The van der Waals surface area contributed by atoms with E-state index in [4.69, 9.17) is 4.42 Å². The van der Waals surface area contributed by atoms with E-state index < -0.39 is 17.9 Å². The predicted molar refractivity (Wildman–Crippen MR) is 85.8 cm³/mol. The molecule has 0 saturated heterocycles. The van der Waals surface area contributed by atoms with Crippen LogP contribution in [0.5, 0.6) is 0 Å². The first-order valence-corrected chi connectivity index (χ1v) is 7.36. The van der Waals surface area contributed by atoms with E-state index in [2.05, 4.69) is 10.6 Å². The second-order valence-corrected chi connectivity index (χ2v) is 5.28. The highest BCUT2D eigenvalue weighted by atomic mass is 16.4. The van der Waals surface area contributed by atoms with Crippen molar-refractivity contribution < 1.29 is 19.1 Å². The zero-order chi connectivity index (χ0) is 16.8. The summed E-state index contributed by atoms with van der Waals surface area (Å²) < 4.78 is 5.06. The normalized spacial score (nSPS) is 11.8. The molecule has 6 heteroatoms. The number of carbonyl (C=O) groups is 2. The van der Waals surface area contributed by atoms with Gasteiger partial charge in [0.1, 0.15) is 11.9 Å². The molecule has 2 rings (SSSR count). The van der Waals surface area contributed by atoms with Gasteiger partial charge in [-0.15, -0.1) is 0 Å². The minimum atomic E-state index is -0.813. The Bertz CT molecular complexity index is 680. The molecule has 1 aromatic carbocycles. The zero-order valence-electron chi connectivity index (χ0n) is 13.1. The van der Waals surface area contributed by atoms with Crippen LogP contribution < -0.4 is 10.6 Å². The highest BCUT2D eigenvalue weighted by Crippen LogP contribution is 2.18. The summed E-state index contributed by atoms with van der Waals surface area (Å²) in [4.78, 5) is 23.7. The first kappa shape index (κ1) is 16.8. The summed E-state index contributed by atoms with van der Waals surface area (Å²) >= 11 is 0. The fourth-order valence-electron chi connectivity index (χ4n) is 2.09. The van der Waals surface area contributed by atoms with Crippen molar-refractivity contribution in [2.45, 2.75) is 26.4 Å². The van der Waals surface area contributed by atoms with Crippen molar-refractivity contribution in [1.82, 2.24) is 5.32 Å². The van der Waals surface area contributed by atoms with E-state index in [0.717, 1.165) is 11.1 Å². The molecule has 3 N–H and O–H groups in total. The number of anilines is 1. The van der Waals surface area contributed by atoms with Crippen LogP contribution >= 0.6 is 0 Å². The van der Waals surface area contributed by atoms with Crippen LogP contribution in [-0.4, -0.2) is 23.5 Å². The van der Waals surface area contributed by atoms with Gasteiger partial charge in [-0.25, -0.2) is 0 Å². The van der Waals surface area contributed by atoms with Gasteiger partial charge < -0.3 is 20.2 Å². The Kier molecular flexibility index (Phi) is 5.54. The average molecular weight is 316 g/mol. The maximum absolute atomic E-state index is 11.9. The van der Waals surface area contributed by atoms with Crippen molar-refractivity contribution in [1.29, 1.82) is 0 Å². The number of amides is 2. The zero-order valence-corrected chi connectivity index (χ0v) is 13.1. The first-order valence-electron chi connectivity index (χ1n) is 7.36. The molecule has 0 aliphatic carbocycles. The van der Waals surface area contributed by atoms with Gasteiger partial charge in [0.05, 0.1) is 6.26 Å². The molecule has 2 aromatic rings. The minimum absolute atomic E-state index is 0.168. The topological polar surface area (TPSA) is 91.6 Å². The van der Waals surface area contributed by atoms with Gasteiger partial charge in [-0.1, -0.05) is 12.1 Å². The van der Waals surface area contributed by atoms with Gasteiger partial charge in [-0.05, 0) is 49.6 Å². The Balaban J connectivity index is 1.81. The van der Waals surface area contributed by atoms with E-state index in [9.17, 15) is 14.7 Å². The van der Waals surface area contributed by atoms with Gasteiger partial charge in [0.2, 0.25) is 0 Å². The molecule has 1 aromatic heterocycles. The second kappa shape index (κ2) is 7.60. The monoisotopic (exact) mass is 316 g/mol. The van der Waals surface area contributed by atoms with Crippen molar-refractivity contribution in [2.24, 2.45) is 0 Å². The number of aryl methyl sites for hydroxylation is 1. The molecule has 1 atom stereocenters. The fourth-order valence-corrected chi connectivity index (χ4v) is 2.09. The van der Waals surface area contributed by atoms with E-state index in [1.165, 1.54) is 6.26 Å². The van der Waals surface area contributed by atoms with Crippen LogP contribution in [0.4, 0.5) is 5.69 Å². The molecule has 0 bridgehead atoms. The number of aliphatic hydroxyl groups is 1. The summed E-state index contributed by atoms with van der Waals surface area (Å²) in [5, 5.41) is 14.9. The first-order chi connectivity index (χ1) is 11.0. The largest absolute Gasteiger partial charge is 0.467 e. The lowest BCUT2D eigenvalue weighted by atomic mass is 10.1. The quantitative estimate of drug-likeness (QED) is 0.736. The van der Waals surface area contributed by atoms with Crippen LogP contribution in [-0.2, 0) is 9.59 Å². The third-order valence-corrected chi connectivity index (χ3v) is 3.63. The lowest BCUT2D eigenvalue weighted by Gasteiger charge is -2.11. The molecule has 0 saturated carbocycles. The number of hydrogen-bond donors (Lipinski definition) is 3. The number of rotatable bonds is 5. The lowest BCUT2D eigenvalue weighted by Crippen LogP contribution is -2.36. The van der Waals surface area contributed by atoms with Crippen LogP contribution in [0.2, 0.25) is 0 Å². The molecule has 0 fully saturated rings. The van der Waals surface area contributed by atoms with E-state index >= 15 is 0 Å². The van der Waals surface area contributed by atoms with Gasteiger partial charge in [0.25, 0.3) is 0 Å². The maximum Gasteiger partial charge on any atom is 0.313 e. The summed E-state index contributed by atoms with van der Waals surface area (Å²) in [6.07, 6.45) is 0.914. The van der Waals surface area contributed by atoms with Gasteiger partial charge >= 0.3 is 11.8 Å². The maximum atomic E-state index is 11.9. The van der Waals surface area contributed by atoms with Crippen LogP contribution in [0.15, 0.2) is 41.0 Å². The average Bonchev–Trinajstić information content (AvgIpc) is 3.06. The molecule has 0 spiro atoms. The standard InChI is InChI=1S/C17H20N2O4/c1-11-5-3-6-13(12(11)2)19-17(22)16(21)18-9-8-14(20)15-7-4-10-23-15/h3-7,10,14,20H,8-9H2,1-2H3,(H,18,21)(H,19,22). The Labute approximate surface area is 134 Å². The Morgan fingerprint density at radius 2 is 1.96 bits per heavy atom. The Morgan fingerprint density at radius 1 is 1.17 bits per heavy atom. The highest BCUT2D eigenvalue weighted by molar-refractivity contribution is 6.39. The molecule has 0 aliphatic heterocycles. The van der Waals surface area contributed by atoms with Gasteiger partial charge in [-0.2, -0.15) is 0 Å². The molecule has 0 aliphatic rings. The number of furan rings is 1. The summed E-state index contributed by atoms with van der Waals surface area (Å²) in [6.45, 7) is 3.98. The smallest absolute Gasteiger partial charge is 0.313 e. The molecule has 1 heterocycles. The van der Waals surface area contributed by atoms with Crippen molar-refractivity contribution in [3.8, 4) is 0 Å². The van der Waals surface area contributed by atoms with Crippen molar-refractivity contribution in [3.63, 3.8) is 0 Å².